The molecular formula is C13H14ClN4. The van der Waals surface area contributed by atoms with Crippen LogP contribution in [0.3, 0.4) is 0 Å². The van der Waals surface area contributed by atoms with E-state index in [0.29, 0.717) is 0 Å². The minimum Gasteiger partial charge on any atom is -0.295 e. The van der Waals surface area contributed by atoms with Crippen LogP contribution < -0.4 is 5.01 Å². The molecule has 0 bridgehead atoms. The molecule has 2 aromatic rings. The molecule has 0 aliphatic carbocycles. The lowest BCUT2D eigenvalue weighted by molar-refractivity contribution is 0.492. The molecule has 0 spiro atoms. The minimum absolute atomic E-state index is 0.727. The van der Waals surface area contributed by atoms with Crippen LogP contribution in [0.5, 0.6) is 0 Å². The SMILES string of the molecule is Clc1ccc(-c2ncn(N3CC[CH]CC3)n2)cc1. The van der Waals surface area contributed by atoms with Crippen molar-refractivity contribution in [1.82, 2.24) is 14.9 Å². The second-order valence-corrected chi connectivity index (χ2v) is 4.75. The highest BCUT2D eigenvalue weighted by molar-refractivity contribution is 6.30. The molecule has 0 unspecified atom stereocenters. The van der Waals surface area contributed by atoms with E-state index in [9.17, 15) is 0 Å². The van der Waals surface area contributed by atoms with Gasteiger partial charge in [0.2, 0.25) is 0 Å². The van der Waals surface area contributed by atoms with E-state index in [1.165, 1.54) is 0 Å². The van der Waals surface area contributed by atoms with Gasteiger partial charge in [0.05, 0.1) is 0 Å². The second kappa shape index (κ2) is 4.98. The third-order valence-electron chi connectivity index (χ3n) is 3.06. The van der Waals surface area contributed by atoms with Gasteiger partial charge in [-0.05, 0) is 43.5 Å². The quantitative estimate of drug-likeness (QED) is 0.833. The van der Waals surface area contributed by atoms with Gasteiger partial charge in [0.25, 0.3) is 0 Å². The predicted molar refractivity (Wildman–Crippen MR) is 72.0 cm³/mol. The molecule has 5 heteroatoms. The molecular weight excluding hydrogens is 248 g/mol. The zero-order chi connectivity index (χ0) is 12.4. The van der Waals surface area contributed by atoms with Crippen LogP contribution in [0.15, 0.2) is 30.6 Å². The van der Waals surface area contributed by atoms with Crippen LogP contribution in [0, 0.1) is 6.42 Å². The summed E-state index contributed by atoms with van der Waals surface area (Å²) in [6.07, 6.45) is 6.30. The fourth-order valence-corrected chi connectivity index (χ4v) is 2.19. The lowest BCUT2D eigenvalue weighted by Crippen LogP contribution is -2.39. The average molecular weight is 262 g/mol. The molecule has 1 fully saturated rings. The normalized spacial score (nSPS) is 15.9. The Kier molecular flexibility index (Phi) is 3.19. The first-order valence-electron chi connectivity index (χ1n) is 6.07. The molecule has 93 valence electrons. The first kappa shape index (κ1) is 11.5. The summed E-state index contributed by atoms with van der Waals surface area (Å²) in [7, 11) is 0. The first-order valence-corrected chi connectivity index (χ1v) is 6.45. The molecule has 4 nitrogen and oxygen atoms in total. The summed E-state index contributed by atoms with van der Waals surface area (Å²) in [5.41, 5.74) is 0.988. The number of nitrogens with zero attached hydrogens (tertiary/aromatic N) is 4. The van der Waals surface area contributed by atoms with E-state index in [2.05, 4.69) is 21.5 Å². The molecule has 1 aromatic heterocycles. The number of benzene rings is 1. The second-order valence-electron chi connectivity index (χ2n) is 4.32. The summed E-state index contributed by atoms with van der Waals surface area (Å²) in [4.78, 5) is 6.19. The summed E-state index contributed by atoms with van der Waals surface area (Å²) in [5.74, 6) is 0.737. The van der Waals surface area contributed by atoms with Crippen molar-refractivity contribution in [1.29, 1.82) is 0 Å². The highest BCUT2D eigenvalue weighted by Crippen LogP contribution is 2.18. The van der Waals surface area contributed by atoms with E-state index in [4.69, 9.17) is 11.6 Å². The smallest absolute Gasteiger partial charge is 0.183 e. The maximum absolute atomic E-state index is 5.87. The molecule has 1 saturated heterocycles. The highest BCUT2D eigenvalue weighted by atomic mass is 35.5. The molecule has 0 atom stereocenters. The fraction of sp³-hybridized carbons (Fsp3) is 0.308. The number of hydrogen-bond donors (Lipinski definition) is 0. The maximum Gasteiger partial charge on any atom is 0.183 e. The predicted octanol–water partition coefficient (Wildman–Crippen LogP) is 2.53. The van der Waals surface area contributed by atoms with Crippen molar-refractivity contribution >= 4 is 11.6 Å². The van der Waals surface area contributed by atoms with Gasteiger partial charge in [-0.3, -0.25) is 5.01 Å². The zero-order valence-corrected chi connectivity index (χ0v) is 10.7. The maximum atomic E-state index is 5.87. The highest BCUT2D eigenvalue weighted by Gasteiger charge is 2.13. The Bertz CT molecular complexity index is 514. The first-order chi connectivity index (χ1) is 8.83. The van der Waals surface area contributed by atoms with E-state index in [1.54, 1.807) is 6.33 Å². The Labute approximate surface area is 111 Å². The van der Waals surface area contributed by atoms with Gasteiger partial charge in [-0.25, -0.2) is 4.98 Å². The van der Waals surface area contributed by atoms with Gasteiger partial charge in [-0.1, -0.05) is 11.6 Å². The molecule has 0 amide bonds. The standard InChI is InChI=1S/C13H14ClN4/c14-12-6-4-11(5-7-12)13-15-10-18(16-13)17-8-2-1-3-9-17/h1,4-7,10H,2-3,8-9H2. The monoisotopic (exact) mass is 261 g/mol. The Morgan fingerprint density at radius 1 is 1.06 bits per heavy atom. The van der Waals surface area contributed by atoms with Gasteiger partial charge in [-0.2, -0.15) is 4.79 Å². The molecule has 1 aliphatic heterocycles. The summed E-state index contributed by atoms with van der Waals surface area (Å²) >= 11 is 5.87. The number of piperidine rings is 1. The molecule has 1 aromatic carbocycles. The molecule has 0 N–H and O–H groups in total. The van der Waals surface area contributed by atoms with Crippen molar-refractivity contribution in [3.05, 3.63) is 42.0 Å². The van der Waals surface area contributed by atoms with E-state index >= 15 is 0 Å². The number of hydrogen-bond acceptors (Lipinski definition) is 3. The van der Waals surface area contributed by atoms with Crippen LogP contribution in [-0.4, -0.2) is 28.0 Å². The summed E-state index contributed by atoms with van der Waals surface area (Å²) in [5, 5.41) is 7.44. The van der Waals surface area contributed by atoms with Gasteiger partial charge in [0, 0.05) is 23.7 Å². The van der Waals surface area contributed by atoms with Crippen molar-refractivity contribution in [2.75, 3.05) is 18.1 Å². The third kappa shape index (κ3) is 2.34. The van der Waals surface area contributed by atoms with E-state index in [-0.39, 0.29) is 0 Å². The molecule has 3 rings (SSSR count). The van der Waals surface area contributed by atoms with Crippen molar-refractivity contribution in [3.8, 4) is 11.4 Å². The minimum atomic E-state index is 0.727. The van der Waals surface area contributed by atoms with Crippen molar-refractivity contribution < 1.29 is 0 Å². The van der Waals surface area contributed by atoms with Crippen LogP contribution in [0.2, 0.25) is 5.02 Å². The molecule has 2 heterocycles. The molecule has 1 aliphatic rings. The van der Waals surface area contributed by atoms with Crippen LogP contribution >= 0.6 is 11.6 Å². The Hall–Kier alpha value is -1.55. The Morgan fingerprint density at radius 2 is 1.78 bits per heavy atom. The molecule has 1 radical (unpaired) electrons. The van der Waals surface area contributed by atoms with Crippen LogP contribution in [0.4, 0.5) is 0 Å². The zero-order valence-electron chi connectivity index (χ0n) is 9.96. The van der Waals surface area contributed by atoms with Crippen LogP contribution in [0.25, 0.3) is 11.4 Å². The lowest BCUT2D eigenvalue weighted by atomic mass is 10.2. The van der Waals surface area contributed by atoms with Gasteiger partial charge in [0.15, 0.2) is 5.82 Å². The topological polar surface area (TPSA) is 34.0 Å². The van der Waals surface area contributed by atoms with E-state index < -0.39 is 0 Å². The van der Waals surface area contributed by atoms with Gasteiger partial charge < -0.3 is 0 Å². The van der Waals surface area contributed by atoms with Crippen molar-refractivity contribution in [2.24, 2.45) is 0 Å². The lowest BCUT2D eigenvalue weighted by Gasteiger charge is -2.27. The third-order valence-corrected chi connectivity index (χ3v) is 3.31. The summed E-state index contributed by atoms with van der Waals surface area (Å²) in [6.45, 7) is 2.01. The van der Waals surface area contributed by atoms with Gasteiger partial charge in [-0.15, -0.1) is 5.10 Å². The van der Waals surface area contributed by atoms with E-state index in [0.717, 1.165) is 42.3 Å². The Morgan fingerprint density at radius 3 is 2.50 bits per heavy atom. The summed E-state index contributed by atoms with van der Waals surface area (Å²) in [6, 6.07) is 7.58. The largest absolute Gasteiger partial charge is 0.295 e. The van der Waals surface area contributed by atoms with Gasteiger partial charge >= 0.3 is 0 Å². The molecule has 0 saturated carbocycles. The average Bonchev–Trinajstić information content (AvgIpc) is 2.90. The van der Waals surface area contributed by atoms with Crippen molar-refractivity contribution in [2.45, 2.75) is 12.8 Å². The van der Waals surface area contributed by atoms with Crippen LogP contribution in [-0.2, 0) is 0 Å². The van der Waals surface area contributed by atoms with E-state index in [1.807, 2.05) is 29.1 Å². The Balaban J connectivity index is 1.82. The molecule has 18 heavy (non-hydrogen) atoms. The number of halogens is 1. The van der Waals surface area contributed by atoms with Crippen LogP contribution in [0.1, 0.15) is 12.8 Å². The fourth-order valence-electron chi connectivity index (χ4n) is 2.06. The number of rotatable bonds is 2. The van der Waals surface area contributed by atoms with Gasteiger partial charge in [0.1, 0.15) is 6.33 Å². The van der Waals surface area contributed by atoms with Crippen molar-refractivity contribution in [3.63, 3.8) is 0 Å². The summed E-state index contributed by atoms with van der Waals surface area (Å²) < 4.78 is 0. The number of aromatic nitrogens is 3.